The second-order valence-corrected chi connectivity index (χ2v) is 6.02. The number of rotatable bonds is 9. The normalized spacial score (nSPS) is 11.5. The van der Waals surface area contributed by atoms with Gasteiger partial charge in [-0.3, -0.25) is 4.79 Å². The molecule has 0 aliphatic carbocycles. The van der Waals surface area contributed by atoms with Crippen LogP contribution in [0.5, 0.6) is 5.75 Å². The summed E-state index contributed by atoms with van der Waals surface area (Å²) in [5, 5.41) is 0. The van der Waals surface area contributed by atoms with Crippen molar-refractivity contribution in [1.29, 1.82) is 0 Å². The van der Waals surface area contributed by atoms with E-state index in [1.165, 1.54) is 0 Å². The van der Waals surface area contributed by atoms with Crippen LogP contribution in [0.3, 0.4) is 0 Å². The maximum Gasteiger partial charge on any atom is 0.185 e. The Labute approximate surface area is 150 Å². The van der Waals surface area contributed by atoms with Crippen molar-refractivity contribution >= 4 is 11.9 Å². The Morgan fingerprint density at radius 1 is 1.00 bits per heavy atom. The third kappa shape index (κ3) is 7.19. The summed E-state index contributed by atoms with van der Waals surface area (Å²) < 4.78 is 5.67. The topological polar surface area (TPSA) is 29.5 Å². The van der Waals surface area contributed by atoms with Crippen LogP contribution in [0, 0.1) is 0 Å². The Morgan fingerprint density at radius 2 is 1.72 bits per heavy atom. The summed E-state index contributed by atoms with van der Waals surface area (Å²) in [6, 6.07) is 17.3. The molecule has 2 rings (SSSR count). The second-order valence-electron chi connectivity index (χ2n) is 6.02. The minimum absolute atomic E-state index is 0.0168. The molecular formula is C22H25NO2. The monoisotopic (exact) mass is 335 g/mol. The van der Waals surface area contributed by atoms with Gasteiger partial charge in [-0.05, 0) is 56.4 Å². The molecule has 2 aromatic rings. The summed E-state index contributed by atoms with van der Waals surface area (Å²) in [6.07, 6.45) is 8.15. The first-order chi connectivity index (χ1) is 12.1. The van der Waals surface area contributed by atoms with E-state index in [9.17, 15) is 4.79 Å². The van der Waals surface area contributed by atoms with Gasteiger partial charge in [0.15, 0.2) is 5.78 Å². The first-order valence-corrected chi connectivity index (χ1v) is 8.47. The third-order valence-electron chi connectivity index (χ3n) is 3.60. The van der Waals surface area contributed by atoms with Crippen molar-refractivity contribution in [2.24, 2.45) is 0 Å². The van der Waals surface area contributed by atoms with Gasteiger partial charge in [0.1, 0.15) is 5.75 Å². The highest BCUT2D eigenvalue weighted by Crippen LogP contribution is 2.13. The van der Waals surface area contributed by atoms with Crippen molar-refractivity contribution in [1.82, 2.24) is 4.90 Å². The summed E-state index contributed by atoms with van der Waals surface area (Å²) in [4.78, 5) is 14.3. The van der Waals surface area contributed by atoms with Gasteiger partial charge in [-0.15, -0.1) is 0 Å². The van der Waals surface area contributed by atoms with E-state index in [0.717, 1.165) is 24.3 Å². The fourth-order valence-corrected chi connectivity index (χ4v) is 2.26. The van der Waals surface area contributed by atoms with Gasteiger partial charge in [0, 0.05) is 12.1 Å². The fourth-order valence-electron chi connectivity index (χ4n) is 2.26. The molecule has 130 valence electrons. The van der Waals surface area contributed by atoms with Gasteiger partial charge >= 0.3 is 0 Å². The van der Waals surface area contributed by atoms with Crippen LogP contribution < -0.4 is 4.74 Å². The standard InChI is InChI=1S/C22H25NO2/c1-23(2)17-8-18-25-21-15-13-20(14-16-21)22(24)12-7-6-11-19-9-4-3-5-10-19/h3-7,9-16H,8,17-18H2,1-2H3/b11-6+,12-7+. The number of allylic oxidation sites excluding steroid dienone is 3. The molecule has 0 bridgehead atoms. The summed E-state index contributed by atoms with van der Waals surface area (Å²) >= 11 is 0. The van der Waals surface area contributed by atoms with E-state index in [1.54, 1.807) is 24.3 Å². The molecule has 0 heterocycles. The number of ketones is 1. The number of hydrogen-bond acceptors (Lipinski definition) is 3. The Bertz CT molecular complexity index is 701. The Hall–Kier alpha value is -2.65. The molecule has 2 aromatic carbocycles. The Kier molecular flexibility index (Phi) is 7.67. The maximum absolute atomic E-state index is 12.1. The molecular weight excluding hydrogens is 310 g/mol. The van der Waals surface area contributed by atoms with Crippen LogP contribution >= 0.6 is 0 Å². The molecule has 0 saturated heterocycles. The van der Waals surface area contributed by atoms with Crippen molar-refractivity contribution in [3.05, 3.63) is 84.0 Å². The van der Waals surface area contributed by atoms with Gasteiger partial charge in [0.2, 0.25) is 0 Å². The molecule has 0 spiro atoms. The third-order valence-corrected chi connectivity index (χ3v) is 3.60. The molecule has 0 N–H and O–H groups in total. The van der Waals surface area contributed by atoms with Crippen molar-refractivity contribution in [2.75, 3.05) is 27.2 Å². The molecule has 0 saturated carbocycles. The van der Waals surface area contributed by atoms with E-state index in [2.05, 4.69) is 4.90 Å². The predicted molar refractivity (Wildman–Crippen MR) is 104 cm³/mol. The lowest BCUT2D eigenvalue weighted by molar-refractivity contribution is 0.104. The quantitative estimate of drug-likeness (QED) is 0.293. The lowest BCUT2D eigenvalue weighted by Crippen LogP contribution is -2.15. The molecule has 0 unspecified atom stereocenters. The predicted octanol–water partition coefficient (Wildman–Crippen LogP) is 4.47. The SMILES string of the molecule is CN(C)CCCOc1ccc(C(=O)/C=C/C=C/c2ccccc2)cc1. The van der Waals surface area contributed by atoms with Gasteiger partial charge in [-0.2, -0.15) is 0 Å². The first-order valence-electron chi connectivity index (χ1n) is 8.47. The summed E-state index contributed by atoms with van der Waals surface area (Å²) in [5.41, 5.74) is 1.76. The number of carbonyl (C=O) groups excluding carboxylic acids is 1. The fraction of sp³-hybridized carbons (Fsp3) is 0.227. The van der Waals surface area contributed by atoms with Gasteiger partial charge in [-0.1, -0.05) is 48.6 Å². The minimum atomic E-state index is -0.0168. The van der Waals surface area contributed by atoms with Crippen LogP contribution in [0.2, 0.25) is 0 Å². The zero-order valence-electron chi connectivity index (χ0n) is 14.9. The van der Waals surface area contributed by atoms with Crippen LogP contribution in [-0.4, -0.2) is 37.9 Å². The number of carbonyl (C=O) groups is 1. The van der Waals surface area contributed by atoms with E-state index in [1.807, 2.05) is 68.7 Å². The van der Waals surface area contributed by atoms with Gasteiger partial charge in [-0.25, -0.2) is 0 Å². The first kappa shape index (κ1) is 18.7. The smallest absolute Gasteiger partial charge is 0.185 e. The van der Waals surface area contributed by atoms with Crippen LogP contribution in [0.4, 0.5) is 0 Å². The average molecular weight is 335 g/mol. The number of hydrogen-bond donors (Lipinski definition) is 0. The van der Waals surface area contributed by atoms with E-state index < -0.39 is 0 Å². The number of benzene rings is 2. The molecule has 3 nitrogen and oxygen atoms in total. The summed E-state index contributed by atoms with van der Waals surface area (Å²) in [7, 11) is 4.09. The van der Waals surface area contributed by atoms with E-state index in [0.29, 0.717) is 12.2 Å². The average Bonchev–Trinajstić information content (AvgIpc) is 2.63. The van der Waals surface area contributed by atoms with Crippen LogP contribution in [0.25, 0.3) is 6.08 Å². The Balaban J connectivity index is 1.81. The van der Waals surface area contributed by atoms with E-state index in [-0.39, 0.29) is 5.78 Å². The summed E-state index contributed by atoms with van der Waals surface area (Å²) in [5.74, 6) is 0.778. The molecule has 3 heteroatoms. The highest BCUT2D eigenvalue weighted by molar-refractivity contribution is 6.04. The van der Waals surface area contributed by atoms with Gasteiger partial charge < -0.3 is 9.64 Å². The van der Waals surface area contributed by atoms with Gasteiger partial charge in [0.05, 0.1) is 6.61 Å². The highest BCUT2D eigenvalue weighted by atomic mass is 16.5. The molecule has 0 radical (unpaired) electrons. The van der Waals surface area contributed by atoms with Gasteiger partial charge in [0.25, 0.3) is 0 Å². The summed E-state index contributed by atoms with van der Waals surface area (Å²) in [6.45, 7) is 1.67. The molecule has 0 fully saturated rings. The van der Waals surface area contributed by atoms with Crippen LogP contribution in [0.1, 0.15) is 22.3 Å². The van der Waals surface area contributed by atoms with Crippen molar-refractivity contribution in [3.63, 3.8) is 0 Å². The molecule has 0 aliphatic rings. The van der Waals surface area contributed by atoms with Crippen LogP contribution in [0.15, 0.2) is 72.8 Å². The maximum atomic E-state index is 12.1. The highest BCUT2D eigenvalue weighted by Gasteiger charge is 2.02. The molecule has 0 aliphatic heterocycles. The van der Waals surface area contributed by atoms with Crippen molar-refractivity contribution in [2.45, 2.75) is 6.42 Å². The van der Waals surface area contributed by atoms with Crippen LogP contribution in [-0.2, 0) is 0 Å². The lowest BCUT2D eigenvalue weighted by atomic mass is 10.1. The Morgan fingerprint density at radius 3 is 2.40 bits per heavy atom. The second kappa shape index (κ2) is 10.3. The number of ether oxygens (including phenoxy) is 1. The molecule has 0 amide bonds. The van der Waals surface area contributed by atoms with Crippen molar-refractivity contribution in [3.8, 4) is 5.75 Å². The minimum Gasteiger partial charge on any atom is -0.494 e. The van der Waals surface area contributed by atoms with E-state index in [4.69, 9.17) is 4.74 Å². The molecule has 25 heavy (non-hydrogen) atoms. The van der Waals surface area contributed by atoms with Crippen molar-refractivity contribution < 1.29 is 9.53 Å². The lowest BCUT2D eigenvalue weighted by Gasteiger charge is -2.10. The zero-order chi connectivity index (χ0) is 17.9. The van der Waals surface area contributed by atoms with E-state index >= 15 is 0 Å². The molecule has 0 aromatic heterocycles. The largest absolute Gasteiger partial charge is 0.494 e. The zero-order valence-corrected chi connectivity index (χ0v) is 14.9. The number of nitrogens with zero attached hydrogens (tertiary/aromatic N) is 1. The molecule has 0 atom stereocenters.